The van der Waals surface area contributed by atoms with Crippen molar-refractivity contribution in [1.29, 1.82) is 0 Å². The Morgan fingerprint density at radius 1 is 1.11 bits per heavy atom. The van der Waals surface area contributed by atoms with Gasteiger partial charge in [0.15, 0.2) is 5.13 Å². The number of rotatable bonds is 5. The molecule has 0 fully saturated rings. The van der Waals surface area contributed by atoms with E-state index in [4.69, 9.17) is 0 Å². The predicted octanol–water partition coefficient (Wildman–Crippen LogP) is 4.82. The Morgan fingerprint density at radius 3 is 2.46 bits per heavy atom. The van der Waals surface area contributed by atoms with Crippen molar-refractivity contribution >= 4 is 45.0 Å². The van der Waals surface area contributed by atoms with E-state index in [1.165, 1.54) is 22.3 Å². The molecule has 1 aromatic heterocycles. The van der Waals surface area contributed by atoms with E-state index in [2.05, 4.69) is 11.1 Å². The molecule has 0 saturated carbocycles. The molecule has 8 heteroatoms. The molecule has 0 aliphatic carbocycles. The Balaban J connectivity index is 0.00000280. The molecule has 2 aromatic carbocycles. The number of benzene rings is 2. The van der Waals surface area contributed by atoms with Crippen LogP contribution in [0.5, 0.6) is 0 Å². The van der Waals surface area contributed by atoms with E-state index < -0.39 is 17.5 Å². The summed E-state index contributed by atoms with van der Waals surface area (Å²) < 4.78 is 28.4. The van der Waals surface area contributed by atoms with Crippen LogP contribution in [0.2, 0.25) is 0 Å². The SMILES string of the molecule is Cc1cc(C)c2sc(N(CCN(C)C)C(=O)c3ccc(F)cc3F)nc2c1.Cl. The first kappa shape index (κ1) is 22.2. The third kappa shape index (κ3) is 4.66. The topological polar surface area (TPSA) is 36.4 Å². The fourth-order valence-electron chi connectivity index (χ4n) is 2.87. The molecule has 1 heterocycles. The molecule has 0 atom stereocenters. The molecule has 0 aliphatic rings. The lowest BCUT2D eigenvalue weighted by molar-refractivity contribution is 0.0981. The summed E-state index contributed by atoms with van der Waals surface area (Å²) in [6.45, 7) is 4.93. The van der Waals surface area contributed by atoms with Gasteiger partial charge in [-0.1, -0.05) is 17.4 Å². The highest BCUT2D eigenvalue weighted by Gasteiger charge is 2.24. The van der Waals surface area contributed by atoms with Gasteiger partial charge >= 0.3 is 0 Å². The van der Waals surface area contributed by atoms with Gasteiger partial charge in [0.25, 0.3) is 5.91 Å². The normalized spacial score (nSPS) is 11.0. The molecule has 150 valence electrons. The van der Waals surface area contributed by atoms with Gasteiger partial charge in [0.1, 0.15) is 11.6 Å². The van der Waals surface area contributed by atoms with Gasteiger partial charge in [0.05, 0.1) is 15.8 Å². The molecule has 0 N–H and O–H groups in total. The van der Waals surface area contributed by atoms with Crippen LogP contribution in [-0.4, -0.2) is 43.0 Å². The van der Waals surface area contributed by atoms with Crippen LogP contribution < -0.4 is 4.90 Å². The molecule has 4 nitrogen and oxygen atoms in total. The maximum Gasteiger partial charge on any atom is 0.263 e. The van der Waals surface area contributed by atoms with Crippen LogP contribution in [0.1, 0.15) is 21.5 Å². The van der Waals surface area contributed by atoms with Crippen LogP contribution in [0.25, 0.3) is 10.2 Å². The lowest BCUT2D eigenvalue weighted by atomic mass is 10.1. The van der Waals surface area contributed by atoms with Crippen LogP contribution >= 0.6 is 23.7 Å². The second-order valence-electron chi connectivity index (χ2n) is 6.81. The lowest BCUT2D eigenvalue weighted by Gasteiger charge is -2.22. The number of hydrogen-bond acceptors (Lipinski definition) is 4. The number of halogens is 3. The van der Waals surface area contributed by atoms with Crippen LogP contribution in [0.15, 0.2) is 30.3 Å². The molecule has 28 heavy (non-hydrogen) atoms. The largest absolute Gasteiger partial charge is 0.308 e. The second kappa shape index (κ2) is 8.94. The quantitative estimate of drug-likeness (QED) is 0.588. The van der Waals surface area contributed by atoms with Crippen molar-refractivity contribution < 1.29 is 13.6 Å². The standard InChI is InChI=1S/C20H21F2N3OS.ClH/c1-12-9-13(2)18-17(10-12)23-20(27-18)25(8-7-24(3)4)19(26)15-6-5-14(21)11-16(15)22;/h5-6,9-11H,7-8H2,1-4H3;1H. The number of aromatic nitrogens is 1. The smallest absolute Gasteiger partial charge is 0.263 e. The zero-order valence-electron chi connectivity index (χ0n) is 16.1. The lowest BCUT2D eigenvalue weighted by Crippen LogP contribution is -2.37. The average molecular weight is 426 g/mol. The van der Waals surface area contributed by atoms with Gasteiger partial charge in [-0.2, -0.15) is 0 Å². The Morgan fingerprint density at radius 2 is 1.82 bits per heavy atom. The molecule has 0 saturated heterocycles. The minimum absolute atomic E-state index is 0. The molecule has 1 amide bonds. The summed E-state index contributed by atoms with van der Waals surface area (Å²) in [7, 11) is 3.79. The number of anilines is 1. The Bertz CT molecular complexity index is 1010. The van der Waals surface area contributed by atoms with E-state index in [1.54, 1.807) is 0 Å². The summed E-state index contributed by atoms with van der Waals surface area (Å²) >= 11 is 1.40. The summed E-state index contributed by atoms with van der Waals surface area (Å²) in [5, 5.41) is 0.509. The molecule has 0 radical (unpaired) electrons. The maximum absolute atomic E-state index is 14.2. The third-order valence-electron chi connectivity index (χ3n) is 4.22. The number of carbonyl (C=O) groups excluding carboxylic acids is 1. The van der Waals surface area contributed by atoms with Gasteiger partial charge in [-0.15, -0.1) is 12.4 Å². The molecule has 0 spiro atoms. The van der Waals surface area contributed by atoms with Gasteiger partial charge in [-0.3, -0.25) is 9.69 Å². The highest BCUT2D eigenvalue weighted by Crippen LogP contribution is 2.33. The molecule has 0 unspecified atom stereocenters. The Labute approximate surface area is 173 Å². The van der Waals surface area contributed by atoms with Crippen LogP contribution in [-0.2, 0) is 0 Å². The van der Waals surface area contributed by atoms with Gasteiger partial charge in [-0.25, -0.2) is 13.8 Å². The molecule has 0 bridgehead atoms. The summed E-state index contributed by atoms with van der Waals surface area (Å²) in [5.74, 6) is -2.11. The number of amides is 1. The minimum atomic E-state index is -0.872. The van der Waals surface area contributed by atoms with E-state index in [9.17, 15) is 13.6 Å². The van der Waals surface area contributed by atoms with Crippen molar-refractivity contribution in [1.82, 2.24) is 9.88 Å². The number of carbonyl (C=O) groups is 1. The number of fused-ring (bicyclic) bond motifs is 1. The molecule has 3 rings (SSSR count). The number of nitrogens with zero attached hydrogens (tertiary/aromatic N) is 3. The van der Waals surface area contributed by atoms with Crippen molar-refractivity contribution in [2.45, 2.75) is 13.8 Å². The molecular formula is C20H22ClF2N3OS. The molecular weight excluding hydrogens is 404 g/mol. The number of hydrogen-bond donors (Lipinski definition) is 0. The highest BCUT2D eigenvalue weighted by atomic mass is 35.5. The zero-order valence-corrected chi connectivity index (χ0v) is 17.8. The Kier molecular flexibility index (Phi) is 7.09. The summed E-state index contributed by atoms with van der Waals surface area (Å²) in [4.78, 5) is 21.0. The van der Waals surface area contributed by atoms with Crippen LogP contribution in [0, 0.1) is 25.5 Å². The minimum Gasteiger partial charge on any atom is -0.308 e. The van der Waals surface area contributed by atoms with Crippen molar-refractivity contribution in [2.24, 2.45) is 0 Å². The first-order valence-electron chi connectivity index (χ1n) is 8.55. The van der Waals surface area contributed by atoms with E-state index in [-0.39, 0.29) is 18.0 Å². The van der Waals surface area contributed by atoms with Crippen LogP contribution in [0.3, 0.4) is 0 Å². The summed E-state index contributed by atoms with van der Waals surface area (Å²) in [6.07, 6.45) is 0. The number of aryl methyl sites for hydroxylation is 2. The van der Waals surface area contributed by atoms with Crippen molar-refractivity contribution in [3.63, 3.8) is 0 Å². The van der Waals surface area contributed by atoms with Crippen molar-refractivity contribution in [3.8, 4) is 0 Å². The first-order chi connectivity index (χ1) is 12.8. The maximum atomic E-state index is 14.2. The predicted molar refractivity (Wildman–Crippen MR) is 113 cm³/mol. The van der Waals surface area contributed by atoms with Gasteiger partial charge in [0, 0.05) is 19.2 Å². The van der Waals surface area contributed by atoms with E-state index >= 15 is 0 Å². The fourth-order valence-corrected chi connectivity index (χ4v) is 3.91. The second-order valence-corrected chi connectivity index (χ2v) is 7.79. The fraction of sp³-hybridized carbons (Fsp3) is 0.300. The highest BCUT2D eigenvalue weighted by molar-refractivity contribution is 7.22. The summed E-state index contributed by atoms with van der Waals surface area (Å²) in [6, 6.07) is 7.03. The Hall–Kier alpha value is -2.09. The molecule has 3 aromatic rings. The summed E-state index contributed by atoms with van der Waals surface area (Å²) in [5.41, 5.74) is 2.83. The monoisotopic (exact) mass is 425 g/mol. The van der Waals surface area contributed by atoms with E-state index in [0.29, 0.717) is 18.2 Å². The van der Waals surface area contributed by atoms with E-state index in [1.807, 2.05) is 38.9 Å². The number of likely N-dealkylation sites (N-methyl/N-ethyl adjacent to an activating group) is 1. The van der Waals surface area contributed by atoms with Crippen molar-refractivity contribution in [3.05, 3.63) is 58.7 Å². The van der Waals surface area contributed by atoms with Gasteiger partial charge < -0.3 is 4.90 Å². The van der Waals surface area contributed by atoms with Gasteiger partial charge in [-0.05, 0) is 57.3 Å². The van der Waals surface area contributed by atoms with Gasteiger partial charge in [0.2, 0.25) is 0 Å². The zero-order chi connectivity index (χ0) is 19.7. The molecule has 0 aliphatic heterocycles. The third-order valence-corrected chi connectivity index (χ3v) is 5.45. The van der Waals surface area contributed by atoms with Crippen molar-refractivity contribution in [2.75, 3.05) is 32.1 Å². The first-order valence-corrected chi connectivity index (χ1v) is 9.37. The number of thiazole rings is 1. The van der Waals surface area contributed by atoms with E-state index in [0.717, 1.165) is 33.5 Å². The van der Waals surface area contributed by atoms with Crippen LogP contribution in [0.4, 0.5) is 13.9 Å². The average Bonchev–Trinajstić information content (AvgIpc) is 2.98.